The zero-order chi connectivity index (χ0) is 18.1. The molecule has 0 fully saturated rings. The SMILES string of the molecule is C[C@H]1CCc2c(sc3nnn(CC(=O)OCc4ccccc4)c(=O)c23)C1. The molecule has 4 rings (SSSR count). The van der Waals surface area contributed by atoms with Crippen molar-refractivity contribution in [3.05, 3.63) is 56.7 Å². The number of aryl methyl sites for hydroxylation is 1. The lowest BCUT2D eigenvalue weighted by molar-refractivity contribution is -0.146. The molecule has 1 aliphatic carbocycles. The molecule has 1 aliphatic rings. The quantitative estimate of drug-likeness (QED) is 0.661. The Morgan fingerprint density at radius 2 is 2.15 bits per heavy atom. The van der Waals surface area contributed by atoms with Gasteiger partial charge in [-0.2, -0.15) is 4.68 Å². The minimum Gasteiger partial charge on any atom is -0.459 e. The van der Waals surface area contributed by atoms with Crippen LogP contribution in [0.15, 0.2) is 35.1 Å². The van der Waals surface area contributed by atoms with Crippen molar-refractivity contribution in [2.75, 3.05) is 0 Å². The largest absolute Gasteiger partial charge is 0.459 e. The molecule has 2 heterocycles. The van der Waals surface area contributed by atoms with Crippen LogP contribution in [-0.4, -0.2) is 21.0 Å². The zero-order valence-electron chi connectivity index (χ0n) is 14.5. The van der Waals surface area contributed by atoms with Gasteiger partial charge in [-0.1, -0.05) is 42.5 Å². The summed E-state index contributed by atoms with van der Waals surface area (Å²) in [5.41, 5.74) is 1.74. The lowest BCUT2D eigenvalue weighted by atomic mass is 9.89. The second-order valence-electron chi connectivity index (χ2n) is 6.73. The Morgan fingerprint density at radius 1 is 1.35 bits per heavy atom. The molecular formula is C19H19N3O3S. The van der Waals surface area contributed by atoms with Gasteiger partial charge in [-0.3, -0.25) is 9.59 Å². The molecule has 0 aliphatic heterocycles. The number of benzene rings is 1. The second kappa shape index (κ2) is 6.99. The van der Waals surface area contributed by atoms with Gasteiger partial charge in [0.05, 0.1) is 5.39 Å². The lowest BCUT2D eigenvalue weighted by Gasteiger charge is -2.17. The predicted molar refractivity (Wildman–Crippen MR) is 99.1 cm³/mol. The summed E-state index contributed by atoms with van der Waals surface area (Å²) in [5, 5.41) is 8.72. The first kappa shape index (κ1) is 16.9. The van der Waals surface area contributed by atoms with Crippen LogP contribution < -0.4 is 5.56 Å². The van der Waals surface area contributed by atoms with E-state index >= 15 is 0 Å². The van der Waals surface area contributed by atoms with E-state index in [1.165, 1.54) is 4.88 Å². The number of carbonyl (C=O) groups is 1. The number of esters is 1. The number of fused-ring (bicyclic) bond motifs is 3. The maximum absolute atomic E-state index is 12.8. The molecule has 134 valence electrons. The Hall–Kier alpha value is -2.54. The average molecular weight is 369 g/mol. The van der Waals surface area contributed by atoms with Crippen LogP contribution in [0.5, 0.6) is 0 Å². The van der Waals surface area contributed by atoms with E-state index in [0.29, 0.717) is 16.1 Å². The highest BCUT2D eigenvalue weighted by molar-refractivity contribution is 7.18. The van der Waals surface area contributed by atoms with E-state index in [1.807, 2.05) is 30.3 Å². The van der Waals surface area contributed by atoms with Crippen molar-refractivity contribution in [1.29, 1.82) is 0 Å². The molecule has 0 saturated carbocycles. The molecule has 0 N–H and O–H groups in total. The molecule has 0 bridgehead atoms. The molecule has 0 spiro atoms. The van der Waals surface area contributed by atoms with Gasteiger partial charge in [-0.15, -0.1) is 16.4 Å². The summed E-state index contributed by atoms with van der Waals surface area (Å²) < 4.78 is 6.36. The molecule has 0 radical (unpaired) electrons. The minimum absolute atomic E-state index is 0.176. The first-order valence-corrected chi connectivity index (χ1v) is 9.51. The summed E-state index contributed by atoms with van der Waals surface area (Å²) in [6, 6.07) is 9.42. The molecule has 0 saturated heterocycles. The van der Waals surface area contributed by atoms with E-state index in [-0.39, 0.29) is 18.7 Å². The van der Waals surface area contributed by atoms with Crippen molar-refractivity contribution >= 4 is 27.5 Å². The van der Waals surface area contributed by atoms with Gasteiger partial charge in [0.25, 0.3) is 5.56 Å². The minimum atomic E-state index is -0.498. The molecule has 3 aromatic rings. The Kier molecular flexibility index (Phi) is 4.55. The van der Waals surface area contributed by atoms with E-state index < -0.39 is 5.97 Å². The van der Waals surface area contributed by atoms with Crippen molar-refractivity contribution in [3.8, 4) is 0 Å². The van der Waals surface area contributed by atoms with Gasteiger partial charge in [-0.05, 0) is 36.3 Å². The summed E-state index contributed by atoms with van der Waals surface area (Å²) in [4.78, 5) is 26.8. The van der Waals surface area contributed by atoms with E-state index in [9.17, 15) is 9.59 Å². The van der Waals surface area contributed by atoms with Crippen LogP contribution in [0.25, 0.3) is 10.2 Å². The summed E-state index contributed by atoms with van der Waals surface area (Å²) in [6.07, 6.45) is 2.94. The molecule has 0 unspecified atom stereocenters. The number of nitrogens with zero attached hydrogens (tertiary/aromatic N) is 3. The van der Waals surface area contributed by atoms with Gasteiger partial charge in [-0.25, -0.2) is 0 Å². The van der Waals surface area contributed by atoms with Crippen LogP contribution in [0.3, 0.4) is 0 Å². The highest BCUT2D eigenvalue weighted by Gasteiger charge is 2.24. The highest BCUT2D eigenvalue weighted by atomic mass is 32.1. The number of thiophene rings is 1. The lowest BCUT2D eigenvalue weighted by Crippen LogP contribution is -2.29. The number of hydrogen-bond donors (Lipinski definition) is 0. The van der Waals surface area contributed by atoms with Gasteiger partial charge in [0.1, 0.15) is 13.2 Å². The molecule has 7 heteroatoms. The fraction of sp³-hybridized carbons (Fsp3) is 0.368. The third kappa shape index (κ3) is 3.26. The van der Waals surface area contributed by atoms with Crippen molar-refractivity contribution in [3.63, 3.8) is 0 Å². The van der Waals surface area contributed by atoms with E-state index in [1.54, 1.807) is 11.3 Å². The van der Waals surface area contributed by atoms with Crippen molar-refractivity contribution in [1.82, 2.24) is 15.0 Å². The number of hydrogen-bond acceptors (Lipinski definition) is 6. The van der Waals surface area contributed by atoms with Crippen LogP contribution in [0.4, 0.5) is 0 Å². The first-order chi connectivity index (χ1) is 12.6. The van der Waals surface area contributed by atoms with Crippen LogP contribution in [-0.2, 0) is 35.5 Å². The molecule has 26 heavy (non-hydrogen) atoms. The van der Waals surface area contributed by atoms with Crippen molar-refractivity contribution < 1.29 is 9.53 Å². The van der Waals surface area contributed by atoms with Gasteiger partial charge in [0.15, 0.2) is 4.83 Å². The highest BCUT2D eigenvalue weighted by Crippen LogP contribution is 2.35. The maximum Gasteiger partial charge on any atom is 0.328 e. The maximum atomic E-state index is 12.8. The van der Waals surface area contributed by atoms with Crippen molar-refractivity contribution in [2.24, 2.45) is 5.92 Å². The first-order valence-electron chi connectivity index (χ1n) is 8.69. The van der Waals surface area contributed by atoms with E-state index in [0.717, 1.165) is 35.1 Å². The standard InChI is InChI=1S/C19H19N3O3S/c1-12-7-8-14-15(9-12)26-18-17(14)19(24)22(21-20-18)10-16(23)25-11-13-5-3-2-4-6-13/h2-6,12H,7-11H2,1H3/t12-/m0/s1. The van der Waals surface area contributed by atoms with E-state index in [4.69, 9.17) is 4.74 Å². The topological polar surface area (TPSA) is 74.1 Å². The summed E-state index contributed by atoms with van der Waals surface area (Å²) in [7, 11) is 0. The molecular weight excluding hydrogens is 350 g/mol. The fourth-order valence-electron chi connectivity index (χ4n) is 3.30. The van der Waals surface area contributed by atoms with Crippen LogP contribution in [0.1, 0.15) is 29.3 Å². The van der Waals surface area contributed by atoms with Crippen molar-refractivity contribution in [2.45, 2.75) is 39.3 Å². The molecule has 2 aromatic heterocycles. The Labute approximate surface area is 154 Å². The predicted octanol–water partition coefficient (Wildman–Crippen LogP) is 2.72. The third-order valence-corrected chi connectivity index (χ3v) is 5.85. The Balaban J connectivity index is 1.54. The Bertz CT molecular complexity index is 1010. The number of ether oxygens (including phenoxy) is 1. The molecule has 0 amide bonds. The number of carbonyl (C=O) groups excluding carboxylic acids is 1. The summed E-state index contributed by atoms with van der Waals surface area (Å²) >= 11 is 1.55. The monoisotopic (exact) mass is 369 g/mol. The van der Waals surface area contributed by atoms with Crippen LogP contribution in [0, 0.1) is 5.92 Å². The molecule has 6 nitrogen and oxygen atoms in total. The molecule has 1 aromatic carbocycles. The molecule has 1 atom stereocenters. The smallest absolute Gasteiger partial charge is 0.328 e. The number of rotatable bonds is 4. The average Bonchev–Trinajstić information content (AvgIpc) is 3.01. The number of aromatic nitrogens is 3. The van der Waals surface area contributed by atoms with Gasteiger partial charge in [0.2, 0.25) is 0 Å². The summed E-state index contributed by atoms with van der Waals surface area (Å²) in [6.45, 7) is 2.17. The summed E-state index contributed by atoms with van der Waals surface area (Å²) in [5.74, 6) is 0.126. The second-order valence-corrected chi connectivity index (χ2v) is 7.81. The van der Waals surface area contributed by atoms with Gasteiger partial charge in [0, 0.05) is 4.88 Å². The van der Waals surface area contributed by atoms with Crippen LogP contribution >= 0.6 is 11.3 Å². The third-order valence-electron chi connectivity index (χ3n) is 4.71. The van der Waals surface area contributed by atoms with Gasteiger partial charge < -0.3 is 4.74 Å². The van der Waals surface area contributed by atoms with E-state index in [2.05, 4.69) is 17.2 Å². The fourth-order valence-corrected chi connectivity index (χ4v) is 4.62. The zero-order valence-corrected chi connectivity index (χ0v) is 15.3. The normalized spacial score (nSPS) is 16.4. The van der Waals surface area contributed by atoms with Crippen LogP contribution in [0.2, 0.25) is 0 Å². The Morgan fingerprint density at radius 3 is 2.96 bits per heavy atom. The van der Waals surface area contributed by atoms with Gasteiger partial charge >= 0.3 is 5.97 Å².